The zero-order valence-electron chi connectivity index (χ0n) is 11.5. The summed E-state index contributed by atoms with van der Waals surface area (Å²) in [6, 6.07) is 3.95. The third kappa shape index (κ3) is 2.47. The van der Waals surface area contributed by atoms with Crippen LogP contribution in [0.3, 0.4) is 0 Å². The third-order valence-corrected chi connectivity index (χ3v) is 4.97. The maximum atomic E-state index is 5.76. The van der Waals surface area contributed by atoms with Gasteiger partial charge >= 0.3 is 0 Å². The maximum absolute atomic E-state index is 5.76. The Hall–Kier alpha value is -1.13. The van der Waals surface area contributed by atoms with Crippen molar-refractivity contribution in [2.45, 2.75) is 38.1 Å². The Labute approximate surface area is 114 Å². The van der Waals surface area contributed by atoms with Gasteiger partial charge < -0.3 is 4.74 Å². The molecule has 104 valence electrons. The van der Waals surface area contributed by atoms with E-state index in [2.05, 4.69) is 10.4 Å². The molecule has 1 aromatic rings. The number of hydrogen-bond donors (Lipinski definition) is 2. The number of hydrazine groups is 1. The van der Waals surface area contributed by atoms with Gasteiger partial charge in [-0.2, -0.15) is 0 Å². The van der Waals surface area contributed by atoms with Crippen LogP contribution in [-0.4, -0.2) is 12.1 Å². The minimum absolute atomic E-state index is 0.0977. The van der Waals surface area contributed by atoms with Crippen LogP contribution in [0.1, 0.15) is 43.8 Å². The first-order chi connectivity index (χ1) is 9.31. The van der Waals surface area contributed by atoms with Crippen LogP contribution in [0.5, 0.6) is 5.75 Å². The molecule has 0 radical (unpaired) electrons. The number of methoxy groups -OCH3 is 1. The highest BCUT2D eigenvalue weighted by atomic mass is 16.5. The van der Waals surface area contributed by atoms with Crippen LogP contribution in [0, 0.1) is 17.8 Å². The molecule has 1 aromatic heterocycles. The summed E-state index contributed by atoms with van der Waals surface area (Å²) in [6.45, 7) is 0. The van der Waals surface area contributed by atoms with Crippen molar-refractivity contribution in [1.82, 2.24) is 10.4 Å². The molecule has 2 fully saturated rings. The standard InChI is InChI=1S/C15H23N3O/c1-19-14-3-2-6-17-15(14)13(18-16)9-12-8-10-4-5-11(12)7-10/h2-3,6,10-13,18H,4-5,7-9,16H2,1H3. The van der Waals surface area contributed by atoms with Gasteiger partial charge in [0.15, 0.2) is 0 Å². The van der Waals surface area contributed by atoms with E-state index in [0.29, 0.717) is 0 Å². The van der Waals surface area contributed by atoms with Crippen molar-refractivity contribution in [3.05, 3.63) is 24.0 Å². The van der Waals surface area contributed by atoms with E-state index in [-0.39, 0.29) is 6.04 Å². The van der Waals surface area contributed by atoms with E-state index in [1.54, 1.807) is 7.11 Å². The average molecular weight is 261 g/mol. The van der Waals surface area contributed by atoms with E-state index in [4.69, 9.17) is 10.6 Å². The quantitative estimate of drug-likeness (QED) is 0.631. The van der Waals surface area contributed by atoms with E-state index < -0.39 is 0 Å². The molecule has 4 atom stereocenters. The Bertz CT molecular complexity index is 437. The molecule has 4 nitrogen and oxygen atoms in total. The van der Waals surface area contributed by atoms with Crippen LogP contribution in [0.15, 0.2) is 18.3 Å². The molecule has 0 aliphatic heterocycles. The van der Waals surface area contributed by atoms with Crippen molar-refractivity contribution >= 4 is 0 Å². The smallest absolute Gasteiger partial charge is 0.142 e. The molecule has 4 heteroatoms. The fraction of sp³-hybridized carbons (Fsp3) is 0.667. The minimum Gasteiger partial charge on any atom is -0.495 e. The number of hydrogen-bond acceptors (Lipinski definition) is 4. The summed E-state index contributed by atoms with van der Waals surface area (Å²) >= 11 is 0. The average Bonchev–Trinajstić information content (AvgIpc) is 3.07. The second kappa shape index (κ2) is 5.47. The number of aromatic nitrogens is 1. The number of ether oxygens (including phenoxy) is 1. The van der Waals surface area contributed by atoms with Crippen molar-refractivity contribution in [2.75, 3.05) is 7.11 Å². The fourth-order valence-electron chi connectivity index (χ4n) is 4.06. The van der Waals surface area contributed by atoms with Crippen molar-refractivity contribution in [3.63, 3.8) is 0 Å². The summed E-state index contributed by atoms with van der Waals surface area (Å²) in [4.78, 5) is 4.46. The number of nitrogens with zero attached hydrogens (tertiary/aromatic N) is 1. The third-order valence-electron chi connectivity index (χ3n) is 4.97. The Kier molecular flexibility index (Phi) is 3.71. The predicted molar refractivity (Wildman–Crippen MR) is 74.4 cm³/mol. The first-order valence-corrected chi connectivity index (χ1v) is 7.26. The van der Waals surface area contributed by atoms with Gasteiger partial charge in [0.2, 0.25) is 0 Å². The van der Waals surface area contributed by atoms with Crippen molar-refractivity contribution in [1.29, 1.82) is 0 Å². The number of nitrogens with one attached hydrogen (secondary N) is 1. The summed E-state index contributed by atoms with van der Waals surface area (Å²) in [5, 5.41) is 0. The molecule has 2 bridgehead atoms. The SMILES string of the molecule is COc1cccnc1C(CC1CC2CCC1C2)NN. The minimum atomic E-state index is 0.0977. The van der Waals surface area contributed by atoms with E-state index in [1.165, 1.54) is 25.7 Å². The summed E-state index contributed by atoms with van der Waals surface area (Å²) < 4.78 is 5.40. The summed E-state index contributed by atoms with van der Waals surface area (Å²) in [5.41, 5.74) is 3.88. The zero-order chi connectivity index (χ0) is 13.2. The lowest BCUT2D eigenvalue weighted by Gasteiger charge is -2.26. The topological polar surface area (TPSA) is 60.2 Å². The normalized spacial score (nSPS) is 30.5. The van der Waals surface area contributed by atoms with Gasteiger partial charge in [-0.1, -0.05) is 6.42 Å². The molecule has 1 heterocycles. The fourth-order valence-corrected chi connectivity index (χ4v) is 4.06. The van der Waals surface area contributed by atoms with Crippen LogP contribution in [0.4, 0.5) is 0 Å². The molecule has 0 aromatic carbocycles. The van der Waals surface area contributed by atoms with E-state index in [0.717, 1.165) is 35.6 Å². The molecule has 3 N–H and O–H groups in total. The van der Waals surface area contributed by atoms with Crippen LogP contribution in [-0.2, 0) is 0 Å². The van der Waals surface area contributed by atoms with Gasteiger partial charge in [-0.3, -0.25) is 16.3 Å². The zero-order valence-corrected chi connectivity index (χ0v) is 11.5. The Morgan fingerprint density at radius 2 is 2.37 bits per heavy atom. The molecular formula is C15H23N3O. The Morgan fingerprint density at radius 3 is 3.00 bits per heavy atom. The molecule has 0 saturated heterocycles. The molecule has 19 heavy (non-hydrogen) atoms. The van der Waals surface area contributed by atoms with Crippen LogP contribution < -0.4 is 16.0 Å². The van der Waals surface area contributed by atoms with Crippen molar-refractivity contribution in [3.8, 4) is 5.75 Å². The van der Waals surface area contributed by atoms with E-state index in [9.17, 15) is 0 Å². The summed E-state index contributed by atoms with van der Waals surface area (Å²) in [5.74, 6) is 9.27. The molecule has 2 aliphatic rings. The largest absolute Gasteiger partial charge is 0.495 e. The van der Waals surface area contributed by atoms with Gasteiger partial charge in [0.25, 0.3) is 0 Å². The molecular weight excluding hydrogens is 238 g/mol. The number of pyridine rings is 1. The van der Waals surface area contributed by atoms with Crippen molar-refractivity contribution < 1.29 is 4.74 Å². The van der Waals surface area contributed by atoms with Gasteiger partial charge in [-0.25, -0.2) is 0 Å². The second-order valence-corrected chi connectivity index (χ2v) is 5.98. The molecule has 4 unspecified atom stereocenters. The number of fused-ring (bicyclic) bond motifs is 2. The highest BCUT2D eigenvalue weighted by Crippen LogP contribution is 2.51. The van der Waals surface area contributed by atoms with Crippen molar-refractivity contribution in [2.24, 2.45) is 23.6 Å². The van der Waals surface area contributed by atoms with Crippen LogP contribution in [0.2, 0.25) is 0 Å². The monoisotopic (exact) mass is 261 g/mol. The second-order valence-electron chi connectivity index (χ2n) is 5.98. The molecule has 2 saturated carbocycles. The van der Waals surface area contributed by atoms with E-state index >= 15 is 0 Å². The Balaban J connectivity index is 1.73. The lowest BCUT2D eigenvalue weighted by atomic mass is 9.83. The number of nitrogens with two attached hydrogens (primary N) is 1. The first-order valence-electron chi connectivity index (χ1n) is 7.26. The summed E-state index contributed by atoms with van der Waals surface area (Å²) in [6.07, 6.45) is 8.54. The van der Waals surface area contributed by atoms with Gasteiger partial charge in [0.1, 0.15) is 11.4 Å². The highest BCUT2D eigenvalue weighted by molar-refractivity contribution is 5.29. The first kappa shape index (κ1) is 12.9. The summed E-state index contributed by atoms with van der Waals surface area (Å²) in [7, 11) is 1.69. The lowest BCUT2D eigenvalue weighted by molar-refractivity contribution is 0.274. The molecule has 0 amide bonds. The molecule has 2 aliphatic carbocycles. The van der Waals surface area contributed by atoms with Crippen LogP contribution >= 0.6 is 0 Å². The molecule has 0 spiro atoms. The van der Waals surface area contributed by atoms with Gasteiger partial charge in [0, 0.05) is 6.20 Å². The van der Waals surface area contributed by atoms with E-state index in [1.807, 2.05) is 18.3 Å². The van der Waals surface area contributed by atoms with Crippen LogP contribution in [0.25, 0.3) is 0 Å². The highest BCUT2D eigenvalue weighted by Gasteiger charge is 2.40. The lowest BCUT2D eigenvalue weighted by Crippen LogP contribution is -2.31. The maximum Gasteiger partial charge on any atom is 0.142 e. The van der Waals surface area contributed by atoms with Gasteiger partial charge in [0.05, 0.1) is 13.2 Å². The predicted octanol–water partition coefficient (Wildman–Crippen LogP) is 2.42. The van der Waals surface area contributed by atoms with Gasteiger partial charge in [-0.05, 0) is 55.6 Å². The number of rotatable bonds is 5. The van der Waals surface area contributed by atoms with Gasteiger partial charge in [-0.15, -0.1) is 0 Å². The Morgan fingerprint density at radius 1 is 1.47 bits per heavy atom. The molecule has 3 rings (SSSR count).